The standard InChI is InChI=1S/C23H32N4O3/c1-4-24-23(26-16-10-15-25-22(28)19-11-6-5-7-12-19)27-17-18(2)30-21-14-9-8-13-20(21)29-3/h5-9,11-14,18H,4,10,15-17H2,1-3H3,(H,25,28)(H2,24,26,27). The molecule has 1 amide bonds. The lowest BCUT2D eigenvalue weighted by Gasteiger charge is -2.16. The highest BCUT2D eigenvalue weighted by molar-refractivity contribution is 5.94. The average molecular weight is 413 g/mol. The van der Waals surface area contributed by atoms with E-state index in [2.05, 4.69) is 20.9 Å². The van der Waals surface area contributed by atoms with Crippen LogP contribution in [0.5, 0.6) is 11.5 Å². The highest BCUT2D eigenvalue weighted by Crippen LogP contribution is 2.26. The summed E-state index contributed by atoms with van der Waals surface area (Å²) in [6, 6.07) is 16.8. The maximum Gasteiger partial charge on any atom is 0.251 e. The normalized spacial score (nSPS) is 12.0. The molecule has 7 heteroatoms. The predicted octanol–water partition coefficient (Wildman–Crippen LogP) is 2.84. The van der Waals surface area contributed by atoms with E-state index < -0.39 is 0 Å². The summed E-state index contributed by atoms with van der Waals surface area (Å²) in [5, 5.41) is 9.43. The Morgan fingerprint density at radius 2 is 1.63 bits per heavy atom. The van der Waals surface area contributed by atoms with E-state index in [1.165, 1.54) is 0 Å². The van der Waals surface area contributed by atoms with Gasteiger partial charge in [0.05, 0.1) is 13.7 Å². The molecule has 0 saturated heterocycles. The Labute approximate surface area is 178 Å². The molecule has 0 fully saturated rings. The van der Waals surface area contributed by atoms with Crippen molar-refractivity contribution in [1.29, 1.82) is 0 Å². The van der Waals surface area contributed by atoms with Crippen molar-refractivity contribution in [2.45, 2.75) is 26.4 Å². The lowest BCUT2D eigenvalue weighted by molar-refractivity contribution is 0.0953. The van der Waals surface area contributed by atoms with Gasteiger partial charge in [-0.3, -0.25) is 4.79 Å². The molecule has 0 aliphatic heterocycles. The highest BCUT2D eigenvalue weighted by atomic mass is 16.5. The smallest absolute Gasteiger partial charge is 0.251 e. The summed E-state index contributed by atoms with van der Waals surface area (Å²) in [4.78, 5) is 16.6. The van der Waals surface area contributed by atoms with Crippen LogP contribution in [0.15, 0.2) is 59.6 Å². The molecule has 0 aromatic heterocycles. The fraction of sp³-hybridized carbons (Fsp3) is 0.391. The van der Waals surface area contributed by atoms with E-state index in [1.54, 1.807) is 19.2 Å². The molecule has 0 aliphatic rings. The van der Waals surface area contributed by atoms with Crippen LogP contribution in [-0.2, 0) is 0 Å². The van der Waals surface area contributed by atoms with Crippen LogP contribution >= 0.6 is 0 Å². The summed E-state index contributed by atoms with van der Waals surface area (Å²) in [5.74, 6) is 2.08. The van der Waals surface area contributed by atoms with Crippen LogP contribution in [0.3, 0.4) is 0 Å². The molecule has 2 aromatic rings. The van der Waals surface area contributed by atoms with Crippen molar-refractivity contribution < 1.29 is 14.3 Å². The zero-order valence-electron chi connectivity index (χ0n) is 18.0. The molecule has 1 unspecified atom stereocenters. The molecule has 2 aromatic carbocycles. The minimum atomic E-state index is -0.109. The summed E-state index contributed by atoms with van der Waals surface area (Å²) < 4.78 is 11.3. The van der Waals surface area contributed by atoms with Gasteiger partial charge < -0.3 is 25.4 Å². The van der Waals surface area contributed by atoms with Gasteiger partial charge in [-0.2, -0.15) is 0 Å². The lowest BCUT2D eigenvalue weighted by atomic mass is 10.2. The number of ether oxygens (including phenoxy) is 2. The summed E-state index contributed by atoms with van der Waals surface area (Å²) in [7, 11) is 1.63. The van der Waals surface area contributed by atoms with Crippen LogP contribution in [0.25, 0.3) is 0 Å². The number of benzene rings is 2. The molecule has 0 bridgehead atoms. The van der Waals surface area contributed by atoms with E-state index in [0.717, 1.165) is 18.9 Å². The van der Waals surface area contributed by atoms with E-state index in [-0.39, 0.29) is 12.0 Å². The summed E-state index contributed by atoms with van der Waals surface area (Å²) >= 11 is 0. The largest absolute Gasteiger partial charge is 0.493 e. The minimum Gasteiger partial charge on any atom is -0.493 e. The van der Waals surface area contributed by atoms with E-state index in [9.17, 15) is 4.79 Å². The molecule has 162 valence electrons. The van der Waals surface area contributed by atoms with Crippen molar-refractivity contribution >= 4 is 11.9 Å². The van der Waals surface area contributed by atoms with Gasteiger partial charge in [-0.25, -0.2) is 4.99 Å². The van der Waals surface area contributed by atoms with Crippen LogP contribution in [0.1, 0.15) is 30.6 Å². The van der Waals surface area contributed by atoms with Crippen molar-refractivity contribution in [3.05, 3.63) is 60.2 Å². The van der Waals surface area contributed by atoms with Crippen molar-refractivity contribution in [3.8, 4) is 11.5 Å². The highest BCUT2D eigenvalue weighted by Gasteiger charge is 2.09. The number of hydrogen-bond donors (Lipinski definition) is 3. The Hall–Kier alpha value is -3.22. The molecular weight excluding hydrogens is 380 g/mol. The Balaban J connectivity index is 1.73. The first-order chi connectivity index (χ1) is 14.6. The van der Waals surface area contributed by atoms with Gasteiger partial charge in [0.15, 0.2) is 17.5 Å². The number of aliphatic imine (C=N–C) groups is 1. The van der Waals surface area contributed by atoms with Gasteiger partial charge in [0.25, 0.3) is 5.91 Å². The lowest BCUT2D eigenvalue weighted by Crippen LogP contribution is -2.39. The van der Waals surface area contributed by atoms with Gasteiger partial charge in [0, 0.05) is 25.2 Å². The summed E-state index contributed by atoms with van der Waals surface area (Å²) in [6.45, 7) is 6.54. The van der Waals surface area contributed by atoms with Gasteiger partial charge >= 0.3 is 0 Å². The van der Waals surface area contributed by atoms with Crippen molar-refractivity contribution in [1.82, 2.24) is 16.0 Å². The zero-order chi connectivity index (χ0) is 21.6. The first kappa shape index (κ1) is 23.1. The maximum atomic E-state index is 12.0. The predicted molar refractivity (Wildman–Crippen MR) is 120 cm³/mol. The molecule has 3 N–H and O–H groups in total. The third-order valence-electron chi connectivity index (χ3n) is 4.22. The Morgan fingerprint density at radius 3 is 2.33 bits per heavy atom. The Morgan fingerprint density at radius 1 is 0.967 bits per heavy atom. The molecule has 0 saturated carbocycles. The number of methoxy groups -OCH3 is 1. The Bertz CT molecular complexity index is 796. The van der Waals surface area contributed by atoms with Gasteiger partial charge in [-0.15, -0.1) is 0 Å². The summed E-state index contributed by atoms with van der Waals surface area (Å²) in [5.41, 5.74) is 0.671. The van der Waals surface area contributed by atoms with E-state index in [0.29, 0.717) is 36.7 Å². The van der Waals surface area contributed by atoms with Gasteiger partial charge in [-0.1, -0.05) is 30.3 Å². The number of amides is 1. The maximum absolute atomic E-state index is 12.0. The van der Waals surface area contributed by atoms with Gasteiger partial charge in [0.2, 0.25) is 0 Å². The van der Waals surface area contributed by atoms with E-state index in [1.807, 2.05) is 56.3 Å². The SMILES string of the molecule is CCNC(=NCC(C)Oc1ccccc1OC)NCCCNC(=O)c1ccccc1. The number of nitrogens with zero attached hydrogens (tertiary/aromatic N) is 1. The van der Waals surface area contributed by atoms with Crippen molar-refractivity contribution in [2.75, 3.05) is 33.3 Å². The molecular formula is C23H32N4O3. The van der Waals surface area contributed by atoms with E-state index >= 15 is 0 Å². The topological polar surface area (TPSA) is 84.0 Å². The molecule has 0 heterocycles. The van der Waals surface area contributed by atoms with Crippen molar-refractivity contribution in [2.24, 2.45) is 4.99 Å². The Kier molecular flexibility index (Phi) is 10.1. The quantitative estimate of drug-likeness (QED) is 0.300. The van der Waals surface area contributed by atoms with Crippen LogP contribution in [0.4, 0.5) is 0 Å². The fourth-order valence-electron chi connectivity index (χ4n) is 2.72. The average Bonchev–Trinajstić information content (AvgIpc) is 2.78. The first-order valence-electron chi connectivity index (χ1n) is 10.3. The van der Waals surface area contributed by atoms with Crippen LogP contribution in [-0.4, -0.2) is 51.3 Å². The number of rotatable bonds is 11. The van der Waals surface area contributed by atoms with Crippen LogP contribution in [0.2, 0.25) is 0 Å². The number of carbonyl (C=O) groups excluding carboxylic acids is 1. The second-order valence-electron chi connectivity index (χ2n) is 6.70. The van der Waals surface area contributed by atoms with Gasteiger partial charge in [-0.05, 0) is 44.5 Å². The number of guanidine groups is 1. The third kappa shape index (κ3) is 8.03. The third-order valence-corrected chi connectivity index (χ3v) is 4.22. The van der Waals surface area contributed by atoms with Crippen LogP contribution < -0.4 is 25.4 Å². The molecule has 0 radical (unpaired) electrons. The molecule has 30 heavy (non-hydrogen) atoms. The van der Waals surface area contributed by atoms with Crippen molar-refractivity contribution in [3.63, 3.8) is 0 Å². The summed E-state index contributed by atoms with van der Waals surface area (Å²) in [6.07, 6.45) is 0.679. The second kappa shape index (κ2) is 13.1. The monoisotopic (exact) mass is 412 g/mol. The first-order valence-corrected chi connectivity index (χ1v) is 10.3. The van der Waals surface area contributed by atoms with Crippen LogP contribution in [0, 0.1) is 0 Å². The number of para-hydroxylation sites is 2. The number of hydrogen-bond acceptors (Lipinski definition) is 4. The molecule has 7 nitrogen and oxygen atoms in total. The zero-order valence-corrected chi connectivity index (χ0v) is 18.0. The molecule has 0 spiro atoms. The number of nitrogens with one attached hydrogen (secondary N) is 3. The minimum absolute atomic E-state index is 0.0570. The second-order valence-corrected chi connectivity index (χ2v) is 6.70. The molecule has 1 atom stereocenters. The fourth-order valence-corrected chi connectivity index (χ4v) is 2.72. The molecule has 2 rings (SSSR count). The van der Waals surface area contributed by atoms with E-state index in [4.69, 9.17) is 9.47 Å². The van der Waals surface area contributed by atoms with Gasteiger partial charge in [0.1, 0.15) is 6.10 Å². The number of carbonyl (C=O) groups is 1. The molecule has 0 aliphatic carbocycles.